The Kier molecular flexibility index (Phi) is 5.97. The highest BCUT2D eigenvalue weighted by Gasteiger charge is 2.48. The average Bonchev–Trinajstić information content (AvgIpc) is 3.32. The highest BCUT2D eigenvalue weighted by Crippen LogP contribution is 2.44. The maximum atomic E-state index is 13.8. The number of alkyl halides is 3. The van der Waals surface area contributed by atoms with Crippen LogP contribution in [0.5, 0.6) is 0 Å². The molecule has 0 spiro atoms. The number of nitrogens with one attached hydrogen (secondary N) is 1. The number of hydrogen-bond donors (Lipinski definition) is 1. The fourth-order valence-electron chi connectivity index (χ4n) is 4.68. The van der Waals surface area contributed by atoms with Gasteiger partial charge in [-0.05, 0) is 24.8 Å². The number of anilines is 1. The Labute approximate surface area is 180 Å². The lowest BCUT2D eigenvalue weighted by molar-refractivity contribution is -0.175. The Morgan fingerprint density at radius 2 is 1.94 bits per heavy atom. The van der Waals surface area contributed by atoms with Crippen LogP contribution >= 0.6 is 0 Å². The number of likely N-dealkylation sites (tertiary alicyclic amines) is 1. The van der Waals surface area contributed by atoms with Crippen LogP contribution in [0.4, 0.5) is 19.0 Å². The zero-order chi connectivity index (χ0) is 22.4. The predicted octanol–water partition coefficient (Wildman–Crippen LogP) is 2.86. The van der Waals surface area contributed by atoms with Crippen LogP contribution in [0.2, 0.25) is 0 Å². The van der Waals surface area contributed by atoms with Gasteiger partial charge in [0, 0.05) is 37.7 Å². The first-order valence-corrected chi connectivity index (χ1v) is 11.0. The van der Waals surface area contributed by atoms with Crippen LogP contribution in [0.15, 0.2) is 6.07 Å². The third-order valence-electron chi connectivity index (χ3n) is 6.67. The van der Waals surface area contributed by atoms with Gasteiger partial charge in [-0.3, -0.25) is 9.69 Å². The van der Waals surface area contributed by atoms with Crippen molar-refractivity contribution < 1.29 is 22.7 Å². The number of morpholine rings is 1. The molecule has 31 heavy (non-hydrogen) atoms. The molecule has 10 heteroatoms. The minimum absolute atomic E-state index is 0.0272. The molecular weight excluding hydrogens is 411 g/mol. The van der Waals surface area contributed by atoms with E-state index >= 15 is 0 Å². The van der Waals surface area contributed by atoms with Crippen LogP contribution in [0, 0.1) is 5.41 Å². The number of ether oxygens (including phenoxy) is 1. The summed E-state index contributed by atoms with van der Waals surface area (Å²) >= 11 is 0. The molecule has 1 unspecified atom stereocenters. The Morgan fingerprint density at radius 1 is 1.23 bits per heavy atom. The molecule has 1 aromatic rings. The lowest BCUT2D eigenvalue weighted by atomic mass is 9.82. The zero-order valence-electron chi connectivity index (χ0n) is 18.4. The Balaban J connectivity index is 1.45. The molecule has 4 heterocycles. The van der Waals surface area contributed by atoms with Crippen molar-refractivity contribution in [2.45, 2.75) is 57.8 Å². The van der Waals surface area contributed by atoms with E-state index in [1.54, 1.807) is 6.07 Å². The number of rotatable bonds is 3. The summed E-state index contributed by atoms with van der Waals surface area (Å²) in [4.78, 5) is 16.4. The molecule has 0 radical (unpaired) electrons. The van der Waals surface area contributed by atoms with Gasteiger partial charge in [0.15, 0.2) is 6.04 Å². The summed E-state index contributed by atoms with van der Waals surface area (Å²) in [5, 5.41) is 7.68. The smallest absolute Gasteiger partial charge is 0.378 e. The van der Waals surface area contributed by atoms with Crippen molar-refractivity contribution in [1.82, 2.24) is 19.6 Å². The lowest BCUT2D eigenvalue weighted by Gasteiger charge is -2.39. The third kappa shape index (κ3) is 4.84. The predicted molar refractivity (Wildman–Crippen MR) is 110 cm³/mol. The minimum Gasteiger partial charge on any atom is -0.378 e. The van der Waals surface area contributed by atoms with Crippen LogP contribution in [0.25, 0.3) is 0 Å². The number of amides is 1. The highest BCUT2D eigenvalue weighted by atomic mass is 19.4. The lowest BCUT2D eigenvalue weighted by Crippen LogP contribution is -2.45. The topological polar surface area (TPSA) is 62.6 Å². The summed E-state index contributed by atoms with van der Waals surface area (Å²) in [5.74, 6) is 0.547. The molecule has 7 nitrogen and oxygen atoms in total. The van der Waals surface area contributed by atoms with Crippen LogP contribution in [-0.2, 0) is 9.53 Å². The zero-order valence-corrected chi connectivity index (χ0v) is 18.4. The molecule has 0 aliphatic carbocycles. The van der Waals surface area contributed by atoms with Crippen molar-refractivity contribution in [3.05, 3.63) is 11.8 Å². The molecular formula is C21H32F3N5O2. The van der Waals surface area contributed by atoms with Crippen molar-refractivity contribution in [3.8, 4) is 0 Å². The van der Waals surface area contributed by atoms with Crippen LogP contribution in [0.3, 0.4) is 0 Å². The summed E-state index contributed by atoms with van der Waals surface area (Å²) in [6, 6.07) is -0.140. The largest absolute Gasteiger partial charge is 0.410 e. The van der Waals surface area contributed by atoms with Gasteiger partial charge in [0.2, 0.25) is 5.91 Å². The molecule has 1 aromatic heterocycles. The number of hydrogen-bond acceptors (Lipinski definition) is 5. The second-order valence-corrected chi connectivity index (χ2v) is 9.97. The van der Waals surface area contributed by atoms with E-state index in [9.17, 15) is 18.0 Å². The molecule has 1 amide bonds. The summed E-state index contributed by atoms with van der Waals surface area (Å²) in [6.07, 6.45) is -3.60. The van der Waals surface area contributed by atoms with Gasteiger partial charge in [0.1, 0.15) is 5.82 Å². The van der Waals surface area contributed by atoms with Crippen molar-refractivity contribution >= 4 is 11.7 Å². The van der Waals surface area contributed by atoms with Crippen molar-refractivity contribution in [1.29, 1.82) is 0 Å². The van der Waals surface area contributed by atoms with E-state index in [4.69, 9.17) is 4.74 Å². The van der Waals surface area contributed by atoms with Crippen molar-refractivity contribution in [2.24, 2.45) is 5.41 Å². The molecule has 0 saturated carbocycles. The standard InChI is InChI=1S/C21H32F3N5O2/c1-20(2,3)16-11-17(21(22,23)24)29-18(25-16)10-15(26-29)14-4-5-27(12-14)13-19(30)28-6-8-31-9-7-28/h10,14,16-17,25H,4-9,11-13H2,1-3H3/t14?,16-,17+/m0/s1. The first kappa shape index (κ1) is 22.4. The van der Waals surface area contributed by atoms with E-state index in [0.717, 1.165) is 17.6 Å². The summed E-state index contributed by atoms with van der Waals surface area (Å²) in [5.41, 5.74) is 0.371. The van der Waals surface area contributed by atoms with E-state index in [1.807, 2.05) is 25.7 Å². The molecule has 3 aliphatic heterocycles. The maximum Gasteiger partial charge on any atom is 0.410 e. The third-order valence-corrected chi connectivity index (χ3v) is 6.67. The van der Waals surface area contributed by atoms with E-state index in [0.29, 0.717) is 50.9 Å². The molecule has 1 N–H and O–H groups in total. The van der Waals surface area contributed by atoms with E-state index in [1.165, 1.54) is 0 Å². The van der Waals surface area contributed by atoms with E-state index < -0.39 is 12.2 Å². The second-order valence-electron chi connectivity index (χ2n) is 9.97. The normalized spacial score (nSPS) is 27.8. The Bertz CT molecular complexity index is 798. The second kappa shape index (κ2) is 8.27. The molecule has 174 valence electrons. The molecule has 4 rings (SSSR count). The SMILES string of the molecule is CC(C)(C)[C@@H]1C[C@H](C(F)(F)F)n2nc(C3CCN(CC(=O)N4CCOCC4)C3)cc2N1. The average molecular weight is 444 g/mol. The Hall–Kier alpha value is -1.81. The fraction of sp³-hybridized carbons (Fsp3) is 0.810. The van der Waals surface area contributed by atoms with Gasteiger partial charge >= 0.3 is 6.18 Å². The van der Waals surface area contributed by atoms with Gasteiger partial charge in [-0.25, -0.2) is 4.68 Å². The van der Waals surface area contributed by atoms with Crippen molar-refractivity contribution in [2.75, 3.05) is 51.3 Å². The Morgan fingerprint density at radius 3 is 2.58 bits per heavy atom. The van der Waals surface area contributed by atoms with Gasteiger partial charge in [-0.15, -0.1) is 0 Å². The number of halogens is 3. The maximum absolute atomic E-state index is 13.8. The van der Waals surface area contributed by atoms with Crippen molar-refractivity contribution in [3.63, 3.8) is 0 Å². The first-order chi connectivity index (χ1) is 14.5. The number of carbonyl (C=O) groups is 1. The number of aromatic nitrogens is 2. The quantitative estimate of drug-likeness (QED) is 0.779. The molecule has 2 saturated heterocycles. The summed E-state index contributed by atoms with van der Waals surface area (Å²) in [6.45, 7) is 9.92. The molecule has 2 fully saturated rings. The number of carbonyl (C=O) groups excluding carboxylic acids is 1. The van der Waals surface area contributed by atoms with Crippen LogP contribution in [0.1, 0.15) is 51.3 Å². The fourth-order valence-corrected chi connectivity index (χ4v) is 4.68. The number of fused-ring (bicyclic) bond motifs is 1. The highest BCUT2D eigenvalue weighted by molar-refractivity contribution is 5.78. The summed E-state index contributed by atoms with van der Waals surface area (Å²) < 4.78 is 47.8. The molecule has 0 aromatic carbocycles. The van der Waals surface area contributed by atoms with Gasteiger partial charge in [0.05, 0.1) is 25.5 Å². The van der Waals surface area contributed by atoms with Gasteiger partial charge in [-0.2, -0.15) is 18.3 Å². The van der Waals surface area contributed by atoms with E-state index in [-0.39, 0.29) is 29.7 Å². The minimum atomic E-state index is -4.35. The number of nitrogens with zero attached hydrogens (tertiary/aromatic N) is 4. The first-order valence-electron chi connectivity index (χ1n) is 11.0. The molecule has 0 bridgehead atoms. The monoisotopic (exact) mass is 443 g/mol. The van der Waals surface area contributed by atoms with Gasteiger partial charge in [-0.1, -0.05) is 20.8 Å². The van der Waals surface area contributed by atoms with Gasteiger partial charge in [0.25, 0.3) is 0 Å². The summed E-state index contributed by atoms with van der Waals surface area (Å²) in [7, 11) is 0. The van der Waals surface area contributed by atoms with Crippen LogP contribution < -0.4 is 5.32 Å². The van der Waals surface area contributed by atoms with E-state index in [2.05, 4.69) is 15.3 Å². The molecule has 3 aliphatic rings. The van der Waals surface area contributed by atoms with Crippen LogP contribution in [-0.4, -0.2) is 83.6 Å². The molecule has 3 atom stereocenters. The van der Waals surface area contributed by atoms with Gasteiger partial charge < -0.3 is 15.0 Å².